The summed E-state index contributed by atoms with van der Waals surface area (Å²) in [5.41, 5.74) is 1.01. The molecule has 0 spiro atoms. The van der Waals surface area contributed by atoms with Crippen LogP contribution in [0.3, 0.4) is 0 Å². The van der Waals surface area contributed by atoms with Gasteiger partial charge in [0, 0.05) is 10.4 Å². The molecular formula is C13H10OS. The monoisotopic (exact) mass is 214 g/mol. The molecule has 0 aliphatic carbocycles. The maximum absolute atomic E-state index is 8.90. The van der Waals surface area contributed by atoms with Crippen molar-refractivity contribution in [2.75, 3.05) is 0 Å². The van der Waals surface area contributed by atoms with Crippen LogP contribution in [0.4, 0.5) is 0 Å². The Kier molecular flexibility index (Phi) is 3.18. The topological polar surface area (TPSA) is 20.2 Å². The van der Waals surface area contributed by atoms with Crippen molar-refractivity contribution >= 4 is 11.3 Å². The van der Waals surface area contributed by atoms with Gasteiger partial charge in [0.25, 0.3) is 0 Å². The van der Waals surface area contributed by atoms with Gasteiger partial charge < -0.3 is 5.11 Å². The van der Waals surface area contributed by atoms with Gasteiger partial charge in [0.05, 0.1) is 11.5 Å². The Balaban J connectivity index is 2.18. The van der Waals surface area contributed by atoms with E-state index in [1.807, 2.05) is 42.5 Å². The third kappa shape index (κ3) is 2.69. The van der Waals surface area contributed by atoms with Crippen LogP contribution in [-0.2, 0) is 6.61 Å². The molecule has 0 aliphatic heterocycles. The lowest BCUT2D eigenvalue weighted by molar-refractivity contribution is 0.285. The second kappa shape index (κ2) is 4.79. The fourth-order valence-electron chi connectivity index (χ4n) is 1.19. The average molecular weight is 214 g/mol. The van der Waals surface area contributed by atoms with Crippen molar-refractivity contribution in [3.05, 3.63) is 57.8 Å². The van der Waals surface area contributed by atoms with Crippen molar-refractivity contribution in [2.24, 2.45) is 0 Å². The molecule has 0 amide bonds. The zero-order valence-electron chi connectivity index (χ0n) is 8.10. The molecule has 0 aliphatic rings. The van der Waals surface area contributed by atoms with Crippen molar-refractivity contribution in [1.82, 2.24) is 0 Å². The quantitative estimate of drug-likeness (QED) is 0.723. The summed E-state index contributed by atoms with van der Waals surface area (Å²) in [5, 5.41) is 8.90. The molecule has 0 unspecified atom stereocenters. The minimum atomic E-state index is 0.0949. The Labute approximate surface area is 93.0 Å². The zero-order valence-corrected chi connectivity index (χ0v) is 8.92. The molecule has 0 bridgehead atoms. The molecule has 1 aromatic heterocycles. The van der Waals surface area contributed by atoms with Gasteiger partial charge >= 0.3 is 0 Å². The average Bonchev–Trinajstić information content (AvgIpc) is 2.76. The number of aliphatic hydroxyl groups is 1. The molecule has 0 fully saturated rings. The van der Waals surface area contributed by atoms with Gasteiger partial charge in [-0.15, -0.1) is 11.3 Å². The van der Waals surface area contributed by atoms with E-state index in [0.717, 1.165) is 15.3 Å². The summed E-state index contributed by atoms with van der Waals surface area (Å²) in [6.07, 6.45) is 0. The molecule has 2 heteroatoms. The smallest absolute Gasteiger partial charge is 0.0776 e. The van der Waals surface area contributed by atoms with Gasteiger partial charge in [-0.2, -0.15) is 0 Å². The van der Waals surface area contributed by atoms with Gasteiger partial charge in [0.1, 0.15) is 0 Å². The van der Waals surface area contributed by atoms with E-state index in [2.05, 4.69) is 11.8 Å². The van der Waals surface area contributed by atoms with Crippen molar-refractivity contribution in [3.63, 3.8) is 0 Å². The van der Waals surface area contributed by atoms with Gasteiger partial charge in [0.2, 0.25) is 0 Å². The molecule has 1 nitrogen and oxygen atoms in total. The first kappa shape index (κ1) is 9.97. The van der Waals surface area contributed by atoms with Crippen LogP contribution in [0, 0.1) is 11.8 Å². The molecule has 1 aromatic carbocycles. The molecule has 15 heavy (non-hydrogen) atoms. The first-order chi connectivity index (χ1) is 7.38. The number of rotatable bonds is 1. The van der Waals surface area contributed by atoms with E-state index < -0.39 is 0 Å². The summed E-state index contributed by atoms with van der Waals surface area (Å²) in [6.45, 7) is 0.0949. The van der Waals surface area contributed by atoms with Gasteiger partial charge in [-0.25, -0.2) is 0 Å². The van der Waals surface area contributed by atoms with Crippen LogP contribution in [0.5, 0.6) is 0 Å². The van der Waals surface area contributed by atoms with E-state index in [1.54, 1.807) is 0 Å². The van der Waals surface area contributed by atoms with Crippen LogP contribution < -0.4 is 0 Å². The highest BCUT2D eigenvalue weighted by Gasteiger charge is 1.94. The van der Waals surface area contributed by atoms with Crippen LogP contribution in [0.25, 0.3) is 0 Å². The predicted molar refractivity (Wildman–Crippen MR) is 62.7 cm³/mol. The van der Waals surface area contributed by atoms with E-state index in [4.69, 9.17) is 5.11 Å². The van der Waals surface area contributed by atoms with Crippen molar-refractivity contribution in [3.8, 4) is 11.8 Å². The van der Waals surface area contributed by atoms with E-state index in [0.29, 0.717) is 0 Å². The lowest BCUT2D eigenvalue weighted by Gasteiger charge is -1.85. The molecule has 2 aromatic rings. The maximum atomic E-state index is 8.90. The molecule has 1 N–H and O–H groups in total. The SMILES string of the molecule is OCc1ccc(C#Cc2ccccc2)s1. The summed E-state index contributed by atoms with van der Waals surface area (Å²) in [6, 6.07) is 13.7. The van der Waals surface area contributed by atoms with Gasteiger partial charge in [0.15, 0.2) is 0 Å². The summed E-state index contributed by atoms with van der Waals surface area (Å²) < 4.78 is 0. The van der Waals surface area contributed by atoms with Crippen molar-refractivity contribution in [2.45, 2.75) is 6.61 Å². The Morgan fingerprint density at radius 3 is 2.47 bits per heavy atom. The van der Waals surface area contributed by atoms with E-state index >= 15 is 0 Å². The van der Waals surface area contributed by atoms with E-state index in [9.17, 15) is 0 Å². The third-order valence-electron chi connectivity index (χ3n) is 1.92. The predicted octanol–water partition coefficient (Wildman–Crippen LogP) is 2.64. The van der Waals surface area contributed by atoms with Crippen LogP contribution in [-0.4, -0.2) is 5.11 Å². The number of hydrogen-bond acceptors (Lipinski definition) is 2. The van der Waals surface area contributed by atoms with Crippen molar-refractivity contribution < 1.29 is 5.11 Å². The Morgan fingerprint density at radius 2 is 1.80 bits per heavy atom. The van der Waals surface area contributed by atoms with Gasteiger partial charge in [-0.3, -0.25) is 0 Å². The Morgan fingerprint density at radius 1 is 1.00 bits per heavy atom. The maximum Gasteiger partial charge on any atom is 0.0776 e. The van der Waals surface area contributed by atoms with Crippen LogP contribution in [0.1, 0.15) is 15.3 Å². The minimum absolute atomic E-state index is 0.0949. The highest BCUT2D eigenvalue weighted by molar-refractivity contribution is 7.12. The second-order valence-corrected chi connectivity index (χ2v) is 4.21. The molecule has 0 saturated heterocycles. The lowest BCUT2D eigenvalue weighted by Crippen LogP contribution is -1.71. The standard InChI is InChI=1S/C13H10OS/c14-10-13-9-8-12(15-13)7-6-11-4-2-1-3-5-11/h1-5,8-9,14H,10H2. The van der Waals surface area contributed by atoms with Crippen LogP contribution in [0.15, 0.2) is 42.5 Å². The van der Waals surface area contributed by atoms with Crippen molar-refractivity contribution in [1.29, 1.82) is 0 Å². The minimum Gasteiger partial charge on any atom is -0.391 e. The highest BCUT2D eigenvalue weighted by atomic mass is 32.1. The molecule has 0 radical (unpaired) electrons. The first-order valence-corrected chi connectivity index (χ1v) is 5.47. The van der Waals surface area contributed by atoms with E-state index in [-0.39, 0.29) is 6.61 Å². The Bertz CT molecular complexity index is 488. The summed E-state index contributed by atoms with van der Waals surface area (Å²) >= 11 is 1.53. The zero-order chi connectivity index (χ0) is 10.5. The molecule has 0 atom stereocenters. The van der Waals surface area contributed by atoms with Crippen LogP contribution >= 0.6 is 11.3 Å². The van der Waals surface area contributed by atoms with Gasteiger partial charge in [-0.1, -0.05) is 30.0 Å². The lowest BCUT2D eigenvalue weighted by atomic mass is 10.2. The molecule has 2 rings (SSSR count). The number of hydrogen-bond donors (Lipinski definition) is 1. The number of aliphatic hydroxyl groups excluding tert-OH is 1. The highest BCUT2D eigenvalue weighted by Crippen LogP contribution is 2.14. The molecule has 74 valence electrons. The Hall–Kier alpha value is -1.56. The number of benzene rings is 1. The first-order valence-electron chi connectivity index (χ1n) is 4.65. The molecule has 0 saturated carbocycles. The largest absolute Gasteiger partial charge is 0.391 e. The summed E-state index contributed by atoms with van der Waals surface area (Å²) in [7, 11) is 0. The normalized spacial score (nSPS) is 9.40. The van der Waals surface area contributed by atoms with Gasteiger partial charge in [-0.05, 0) is 24.3 Å². The summed E-state index contributed by atoms with van der Waals surface area (Å²) in [5.74, 6) is 6.15. The number of thiophene rings is 1. The van der Waals surface area contributed by atoms with Crippen LogP contribution in [0.2, 0.25) is 0 Å². The van der Waals surface area contributed by atoms with E-state index in [1.165, 1.54) is 11.3 Å². The third-order valence-corrected chi connectivity index (χ3v) is 2.91. The molecule has 1 heterocycles. The molecular weight excluding hydrogens is 204 g/mol. The fraction of sp³-hybridized carbons (Fsp3) is 0.0769. The summed E-state index contributed by atoms with van der Waals surface area (Å²) in [4.78, 5) is 1.94. The second-order valence-electron chi connectivity index (χ2n) is 3.04. The fourth-order valence-corrected chi connectivity index (χ4v) is 1.91.